The zero-order valence-electron chi connectivity index (χ0n) is 16.9. The number of methoxy groups -OCH3 is 1. The lowest BCUT2D eigenvalue weighted by molar-refractivity contribution is -0.142. The molecule has 2 atom stereocenters. The van der Waals surface area contributed by atoms with Gasteiger partial charge < -0.3 is 13.9 Å². The third kappa shape index (κ3) is 3.89. The number of hydrogen-bond donors (Lipinski definition) is 0. The van der Waals surface area contributed by atoms with E-state index in [1.165, 1.54) is 25.1 Å². The van der Waals surface area contributed by atoms with Crippen molar-refractivity contribution >= 4 is 29.3 Å². The molecule has 0 aliphatic carbocycles. The van der Waals surface area contributed by atoms with Crippen LogP contribution < -0.4 is 0 Å². The molecule has 3 aromatic rings. The van der Waals surface area contributed by atoms with Gasteiger partial charge in [0.15, 0.2) is 18.1 Å². The van der Waals surface area contributed by atoms with Crippen molar-refractivity contribution in [2.24, 2.45) is 0 Å². The predicted octanol–water partition coefficient (Wildman–Crippen LogP) is 2.51. The Morgan fingerprint density at radius 3 is 2.90 bits per heavy atom. The number of rotatable bonds is 5. The van der Waals surface area contributed by atoms with Crippen LogP contribution in [0.5, 0.6) is 0 Å². The van der Waals surface area contributed by atoms with Crippen LogP contribution in [0.3, 0.4) is 0 Å². The molecule has 0 aromatic carbocycles. The average Bonchev–Trinajstić information content (AvgIpc) is 3.37. The fourth-order valence-electron chi connectivity index (χ4n) is 3.58. The molecule has 30 heavy (non-hydrogen) atoms. The average molecular weight is 430 g/mol. The van der Waals surface area contributed by atoms with Crippen LogP contribution in [0.4, 0.5) is 0 Å². The number of fused-ring (bicyclic) bond motifs is 1. The topological polar surface area (TPSA) is 114 Å². The number of aromatic nitrogens is 6. The van der Waals surface area contributed by atoms with Crippen molar-refractivity contribution in [1.29, 1.82) is 0 Å². The van der Waals surface area contributed by atoms with Crippen molar-refractivity contribution in [3.63, 3.8) is 0 Å². The van der Waals surface area contributed by atoms with Gasteiger partial charge in [-0.2, -0.15) is 4.68 Å². The van der Waals surface area contributed by atoms with E-state index in [1.807, 2.05) is 22.4 Å². The maximum absolute atomic E-state index is 12.3. The van der Waals surface area contributed by atoms with E-state index in [-0.39, 0.29) is 11.9 Å². The van der Waals surface area contributed by atoms with Crippen molar-refractivity contribution in [3.05, 3.63) is 35.5 Å². The SMILES string of the molecule is COC(=O)c1cc(-n2nnnc2COC(C)=O)c2ncc(C3CCCC(C)S3)n2c1. The first-order valence-corrected chi connectivity index (χ1v) is 10.6. The number of carbonyl (C=O) groups excluding carboxylic acids is 2. The number of thioether (sulfide) groups is 1. The van der Waals surface area contributed by atoms with Gasteiger partial charge in [-0.25, -0.2) is 9.78 Å². The number of tetrazole rings is 1. The van der Waals surface area contributed by atoms with E-state index >= 15 is 0 Å². The van der Waals surface area contributed by atoms with Gasteiger partial charge in [0.2, 0.25) is 0 Å². The first kappa shape index (κ1) is 20.3. The first-order valence-electron chi connectivity index (χ1n) is 9.63. The van der Waals surface area contributed by atoms with Crippen molar-refractivity contribution in [2.45, 2.75) is 50.2 Å². The Balaban J connectivity index is 1.84. The van der Waals surface area contributed by atoms with Gasteiger partial charge in [0, 0.05) is 23.6 Å². The third-order valence-corrected chi connectivity index (χ3v) is 6.51. The van der Waals surface area contributed by atoms with Crippen LogP contribution in [-0.4, -0.2) is 53.9 Å². The molecule has 0 radical (unpaired) electrons. The number of esters is 2. The van der Waals surface area contributed by atoms with Gasteiger partial charge in [-0.15, -0.1) is 16.9 Å². The van der Waals surface area contributed by atoms with Gasteiger partial charge in [-0.3, -0.25) is 4.79 Å². The van der Waals surface area contributed by atoms with Gasteiger partial charge in [0.1, 0.15) is 5.69 Å². The minimum absolute atomic E-state index is 0.0967. The minimum atomic E-state index is -0.475. The number of carbonyl (C=O) groups is 2. The summed E-state index contributed by atoms with van der Waals surface area (Å²) in [6.07, 6.45) is 6.97. The molecule has 1 aliphatic rings. The minimum Gasteiger partial charge on any atom is -0.465 e. The number of nitrogens with zero attached hydrogens (tertiary/aromatic N) is 6. The monoisotopic (exact) mass is 430 g/mol. The summed E-state index contributed by atoms with van der Waals surface area (Å²) in [6.45, 7) is 3.45. The molecule has 3 aromatic heterocycles. The van der Waals surface area contributed by atoms with Crippen LogP contribution in [0.2, 0.25) is 0 Å². The molecule has 1 fully saturated rings. The van der Waals surface area contributed by atoms with Crippen molar-refractivity contribution in [3.8, 4) is 5.69 Å². The van der Waals surface area contributed by atoms with Crippen LogP contribution in [0.15, 0.2) is 18.5 Å². The molecule has 11 heteroatoms. The molecule has 10 nitrogen and oxygen atoms in total. The summed E-state index contributed by atoms with van der Waals surface area (Å²) in [5, 5.41) is 12.5. The number of imidazole rings is 1. The van der Waals surface area contributed by atoms with E-state index in [1.54, 1.807) is 12.3 Å². The van der Waals surface area contributed by atoms with Gasteiger partial charge in [-0.05, 0) is 29.3 Å². The second-order valence-electron chi connectivity index (χ2n) is 7.14. The summed E-state index contributed by atoms with van der Waals surface area (Å²) in [5.74, 6) is -0.596. The molecule has 2 unspecified atom stereocenters. The molecule has 0 bridgehead atoms. The maximum Gasteiger partial charge on any atom is 0.339 e. The van der Waals surface area contributed by atoms with Crippen LogP contribution in [-0.2, 0) is 20.9 Å². The first-order chi connectivity index (χ1) is 14.5. The fourth-order valence-corrected chi connectivity index (χ4v) is 5.06. The van der Waals surface area contributed by atoms with E-state index < -0.39 is 11.9 Å². The lowest BCUT2D eigenvalue weighted by Gasteiger charge is -2.26. The fraction of sp³-hybridized carbons (Fsp3) is 0.474. The summed E-state index contributed by atoms with van der Waals surface area (Å²) in [5.41, 5.74) is 2.48. The zero-order chi connectivity index (χ0) is 21.3. The third-order valence-electron chi connectivity index (χ3n) is 5.01. The predicted molar refractivity (Wildman–Crippen MR) is 108 cm³/mol. The molecule has 0 N–H and O–H groups in total. The Labute approximate surface area is 176 Å². The quantitative estimate of drug-likeness (QED) is 0.563. The van der Waals surface area contributed by atoms with E-state index in [0.29, 0.717) is 28.0 Å². The van der Waals surface area contributed by atoms with Gasteiger partial charge in [0.25, 0.3) is 0 Å². The second-order valence-corrected chi connectivity index (χ2v) is 8.78. The summed E-state index contributed by atoms with van der Waals surface area (Å²) in [7, 11) is 1.34. The lowest BCUT2D eigenvalue weighted by atomic mass is 10.1. The number of pyridine rings is 1. The highest BCUT2D eigenvalue weighted by Gasteiger charge is 2.26. The normalized spacial score (nSPS) is 19.0. The smallest absolute Gasteiger partial charge is 0.339 e. The van der Waals surface area contributed by atoms with Crippen molar-refractivity contribution in [1.82, 2.24) is 29.6 Å². The Hall–Kier alpha value is -2.95. The molecule has 0 amide bonds. The van der Waals surface area contributed by atoms with Crippen molar-refractivity contribution < 1.29 is 19.1 Å². The van der Waals surface area contributed by atoms with Crippen LogP contribution in [0, 0.1) is 0 Å². The molecule has 1 saturated heterocycles. The Kier molecular flexibility index (Phi) is 5.71. The summed E-state index contributed by atoms with van der Waals surface area (Å²) >= 11 is 1.92. The highest BCUT2D eigenvalue weighted by atomic mass is 32.2. The number of ether oxygens (including phenoxy) is 2. The van der Waals surface area contributed by atoms with E-state index in [2.05, 4.69) is 27.4 Å². The molecular weight excluding hydrogens is 408 g/mol. The maximum atomic E-state index is 12.3. The standard InChI is InChI=1S/C19H22N6O4S/c1-11-5-4-6-16(30-11)15-8-20-18-14(7-13(9-24(15)18)19(27)28-3)25-17(21-22-23-25)10-29-12(2)26/h7-9,11,16H,4-6,10H2,1-3H3. The zero-order valence-corrected chi connectivity index (χ0v) is 17.8. The molecule has 4 rings (SSSR count). The van der Waals surface area contributed by atoms with Gasteiger partial charge in [-0.1, -0.05) is 13.3 Å². The molecule has 4 heterocycles. The van der Waals surface area contributed by atoms with Crippen LogP contribution in [0.25, 0.3) is 11.3 Å². The van der Waals surface area contributed by atoms with E-state index in [4.69, 9.17) is 9.47 Å². The van der Waals surface area contributed by atoms with Gasteiger partial charge >= 0.3 is 11.9 Å². The van der Waals surface area contributed by atoms with Crippen LogP contribution >= 0.6 is 11.8 Å². The van der Waals surface area contributed by atoms with E-state index in [9.17, 15) is 9.59 Å². The number of hydrogen-bond acceptors (Lipinski definition) is 9. The Morgan fingerprint density at radius 2 is 2.17 bits per heavy atom. The summed E-state index contributed by atoms with van der Waals surface area (Å²) in [4.78, 5) is 28.2. The molecule has 0 spiro atoms. The summed E-state index contributed by atoms with van der Waals surface area (Å²) in [6, 6.07) is 1.63. The Bertz CT molecular complexity index is 1090. The van der Waals surface area contributed by atoms with Crippen LogP contribution in [0.1, 0.15) is 60.2 Å². The summed E-state index contributed by atoms with van der Waals surface area (Å²) < 4.78 is 13.3. The molecule has 0 saturated carbocycles. The van der Waals surface area contributed by atoms with E-state index in [0.717, 1.165) is 18.5 Å². The lowest BCUT2D eigenvalue weighted by Crippen LogP contribution is -2.14. The highest BCUT2D eigenvalue weighted by molar-refractivity contribution is 8.00. The van der Waals surface area contributed by atoms with Gasteiger partial charge in [0.05, 0.1) is 24.6 Å². The Morgan fingerprint density at radius 1 is 1.33 bits per heavy atom. The van der Waals surface area contributed by atoms with Crippen molar-refractivity contribution in [2.75, 3.05) is 7.11 Å². The molecule has 1 aliphatic heterocycles. The molecule has 158 valence electrons. The largest absolute Gasteiger partial charge is 0.465 e. The highest BCUT2D eigenvalue weighted by Crippen LogP contribution is 2.42. The second kappa shape index (κ2) is 8.42. The molecular formula is C19H22N6O4S.